The number of hydrogen-bond donors (Lipinski definition) is 2. The van der Waals surface area contributed by atoms with E-state index in [4.69, 9.17) is 4.74 Å². The monoisotopic (exact) mass is 428 g/mol. The maximum absolute atomic E-state index is 13.1. The Hall–Kier alpha value is -2.68. The number of morpholine rings is 1. The number of aliphatic hydroxyl groups is 1. The Balaban J connectivity index is 1.60. The third kappa shape index (κ3) is 4.12. The standard InChI is InChI=1S/C22H24N2O5S/c25-16-5-1-4-15(14-16)19-18(20(26)17-6-2-13-30-17)21(27)22(28)24(19)8-3-7-23-9-11-29-12-10-23/h1-2,4-6,13-14,19,25,27H,3,7-12H2/t19-/m0/s1. The molecule has 1 fully saturated rings. The van der Waals surface area contributed by atoms with Crippen LogP contribution in [0.25, 0.3) is 0 Å². The molecule has 7 nitrogen and oxygen atoms in total. The van der Waals surface area contributed by atoms with Gasteiger partial charge in [-0.25, -0.2) is 0 Å². The number of ketones is 1. The maximum atomic E-state index is 13.1. The summed E-state index contributed by atoms with van der Waals surface area (Å²) in [6, 6.07) is 9.20. The molecule has 3 heterocycles. The van der Waals surface area contributed by atoms with E-state index >= 15 is 0 Å². The number of amides is 1. The third-order valence-corrected chi connectivity index (χ3v) is 6.32. The highest BCUT2D eigenvalue weighted by Crippen LogP contribution is 2.40. The van der Waals surface area contributed by atoms with E-state index in [2.05, 4.69) is 4.90 Å². The summed E-state index contributed by atoms with van der Waals surface area (Å²) in [5.74, 6) is -1.37. The van der Waals surface area contributed by atoms with Gasteiger partial charge in [-0.15, -0.1) is 11.3 Å². The Kier molecular flexibility index (Phi) is 6.17. The number of carbonyl (C=O) groups excluding carboxylic acids is 2. The van der Waals surface area contributed by atoms with Crippen LogP contribution in [-0.4, -0.2) is 71.1 Å². The lowest BCUT2D eigenvalue weighted by Crippen LogP contribution is -2.39. The summed E-state index contributed by atoms with van der Waals surface area (Å²) < 4.78 is 5.37. The van der Waals surface area contributed by atoms with Crippen molar-refractivity contribution in [2.24, 2.45) is 0 Å². The normalized spacial score (nSPS) is 20.2. The molecule has 158 valence electrons. The number of carbonyl (C=O) groups is 2. The van der Waals surface area contributed by atoms with Crippen LogP contribution in [0, 0.1) is 0 Å². The predicted octanol–water partition coefficient (Wildman–Crippen LogP) is 2.75. The number of rotatable bonds is 7. The van der Waals surface area contributed by atoms with Gasteiger partial charge < -0.3 is 19.8 Å². The van der Waals surface area contributed by atoms with E-state index in [0.717, 1.165) is 19.6 Å². The topological polar surface area (TPSA) is 90.3 Å². The van der Waals surface area contributed by atoms with Gasteiger partial charge in [-0.05, 0) is 35.6 Å². The van der Waals surface area contributed by atoms with Crippen LogP contribution in [0.15, 0.2) is 53.1 Å². The summed E-state index contributed by atoms with van der Waals surface area (Å²) in [6.07, 6.45) is 0.703. The number of hydrogen-bond acceptors (Lipinski definition) is 7. The molecular weight excluding hydrogens is 404 g/mol. The van der Waals surface area contributed by atoms with E-state index < -0.39 is 17.7 Å². The largest absolute Gasteiger partial charge is 0.508 e. The molecule has 0 unspecified atom stereocenters. The molecular formula is C22H24N2O5S. The molecule has 4 rings (SSSR count). The van der Waals surface area contributed by atoms with Crippen molar-refractivity contribution < 1.29 is 24.5 Å². The van der Waals surface area contributed by atoms with Crippen LogP contribution in [0.5, 0.6) is 5.75 Å². The molecule has 2 aliphatic rings. The molecule has 1 atom stereocenters. The number of aromatic hydroxyl groups is 1. The first-order valence-electron chi connectivity index (χ1n) is 9.97. The van der Waals surface area contributed by atoms with Crippen molar-refractivity contribution in [3.05, 3.63) is 63.6 Å². The highest BCUT2D eigenvalue weighted by molar-refractivity contribution is 7.12. The lowest BCUT2D eigenvalue weighted by Gasteiger charge is -2.30. The summed E-state index contributed by atoms with van der Waals surface area (Å²) in [6.45, 7) is 4.31. The highest BCUT2D eigenvalue weighted by Gasteiger charge is 2.43. The minimum absolute atomic E-state index is 0.0440. The van der Waals surface area contributed by atoms with Crippen LogP contribution in [0.4, 0.5) is 0 Å². The quantitative estimate of drug-likeness (QED) is 0.659. The number of thiophene rings is 1. The highest BCUT2D eigenvalue weighted by atomic mass is 32.1. The summed E-state index contributed by atoms with van der Waals surface area (Å²) >= 11 is 1.27. The van der Waals surface area contributed by atoms with Gasteiger partial charge in [0, 0.05) is 26.2 Å². The van der Waals surface area contributed by atoms with Crippen molar-refractivity contribution >= 4 is 23.0 Å². The lowest BCUT2D eigenvalue weighted by atomic mass is 9.95. The predicted molar refractivity (Wildman–Crippen MR) is 113 cm³/mol. The molecule has 0 saturated carbocycles. The minimum Gasteiger partial charge on any atom is -0.508 e. The molecule has 0 bridgehead atoms. The first kappa shape index (κ1) is 20.6. The molecule has 1 aromatic heterocycles. The average Bonchev–Trinajstić information content (AvgIpc) is 3.37. The first-order valence-corrected chi connectivity index (χ1v) is 10.9. The number of aliphatic hydroxyl groups excluding tert-OH is 1. The second kappa shape index (κ2) is 8.99. The first-order chi connectivity index (χ1) is 14.6. The Morgan fingerprint density at radius 2 is 1.93 bits per heavy atom. The number of phenolic OH excluding ortho intramolecular Hbond substituents is 1. The van der Waals surface area contributed by atoms with E-state index in [-0.39, 0.29) is 17.1 Å². The van der Waals surface area contributed by atoms with Gasteiger partial charge in [0.2, 0.25) is 5.78 Å². The van der Waals surface area contributed by atoms with Crippen LogP contribution >= 0.6 is 11.3 Å². The van der Waals surface area contributed by atoms with E-state index in [1.54, 1.807) is 29.6 Å². The zero-order chi connectivity index (χ0) is 21.1. The van der Waals surface area contributed by atoms with Gasteiger partial charge in [-0.3, -0.25) is 14.5 Å². The minimum atomic E-state index is -0.733. The number of Topliss-reactive ketones (excluding diaryl/α,β-unsaturated/α-hetero) is 1. The van der Waals surface area contributed by atoms with E-state index in [0.29, 0.717) is 36.6 Å². The van der Waals surface area contributed by atoms with Gasteiger partial charge >= 0.3 is 0 Å². The van der Waals surface area contributed by atoms with E-state index in [9.17, 15) is 19.8 Å². The van der Waals surface area contributed by atoms with Crippen LogP contribution in [0.2, 0.25) is 0 Å². The van der Waals surface area contributed by atoms with Gasteiger partial charge in [-0.1, -0.05) is 18.2 Å². The van der Waals surface area contributed by atoms with Crippen molar-refractivity contribution in [3.8, 4) is 5.75 Å². The number of nitrogens with zero attached hydrogens (tertiary/aromatic N) is 2. The fourth-order valence-corrected chi connectivity index (χ4v) is 4.67. The van der Waals surface area contributed by atoms with E-state index in [1.165, 1.54) is 28.4 Å². The fourth-order valence-electron chi connectivity index (χ4n) is 3.99. The Labute approximate surface area is 178 Å². The molecule has 0 aliphatic carbocycles. The molecule has 2 aliphatic heterocycles. The number of phenols is 1. The smallest absolute Gasteiger partial charge is 0.290 e. The lowest BCUT2D eigenvalue weighted by molar-refractivity contribution is -0.129. The molecule has 1 amide bonds. The average molecular weight is 429 g/mol. The summed E-state index contributed by atoms with van der Waals surface area (Å²) in [5, 5.41) is 22.4. The molecule has 1 saturated heterocycles. The number of ether oxygens (including phenoxy) is 1. The van der Waals surface area contributed by atoms with Crippen LogP contribution in [-0.2, 0) is 9.53 Å². The summed E-state index contributed by atoms with van der Waals surface area (Å²) in [7, 11) is 0. The van der Waals surface area contributed by atoms with Crippen LogP contribution in [0.1, 0.15) is 27.7 Å². The van der Waals surface area contributed by atoms with Gasteiger partial charge in [0.25, 0.3) is 5.91 Å². The Morgan fingerprint density at radius 3 is 2.63 bits per heavy atom. The SMILES string of the molecule is O=C(C1=C(O)C(=O)N(CCCN2CCOCC2)[C@H]1c1cccc(O)c1)c1cccs1. The zero-order valence-corrected chi connectivity index (χ0v) is 17.3. The second-order valence-corrected chi connectivity index (χ2v) is 8.32. The summed E-state index contributed by atoms with van der Waals surface area (Å²) in [4.78, 5) is 30.3. The van der Waals surface area contributed by atoms with E-state index in [1.807, 2.05) is 0 Å². The van der Waals surface area contributed by atoms with Gasteiger partial charge in [-0.2, -0.15) is 0 Å². The molecule has 8 heteroatoms. The van der Waals surface area contributed by atoms with Crippen LogP contribution < -0.4 is 0 Å². The van der Waals surface area contributed by atoms with Gasteiger partial charge in [0.05, 0.1) is 29.7 Å². The van der Waals surface area contributed by atoms with Crippen molar-refractivity contribution in [1.29, 1.82) is 0 Å². The Bertz CT molecular complexity index is 950. The third-order valence-electron chi connectivity index (χ3n) is 5.46. The molecule has 0 radical (unpaired) electrons. The summed E-state index contributed by atoms with van der Waals surface area (Å²) in [5.41, 5.74) is 0.665. The van der Waals surface area contributed by atoms with Crippen molar-refractivity contribution in [2.75, 3.05) is 39.4 Å². The van der Waals surface area contributed by atoms with Crippen LogP contribution in [0.3, 0.4) is 0 Å². The Morgan fingerprint density at radius 1 is 1.13 bits per heavy atom. The van der Waals surface area contributed by atoms with Crippen molar-refractivity contribution in [2.45, 2.75) is 12.5 Å². The van der Waals surface area contributed by atoms with Crippen molar-refractivity contribution in [1.82, 2.24) is 9.80 Å². The molecule has 30 heavy (non-hydrogen) atoms. The zero-order valence-electron chi connectivity index (χ0n) is 16.5. The molecule has 2 N–H and O–H groups in total. The molecule has 1 aromatic carbocycles. The maximum Gasteiger partial charge on any atom is 0.290 e. The molecule has 2 aromatic rings. The van der Waals surface area contributed by atoms with Gasteiger partial charge in [0.15, 0.2) is 5.76 Å². The second-order valence-electron chi connectivity index (χ2n) is 7.37. The van der Waals surface area contributed by atoms with Gasteiger partial charge in [0.1, 0.15) is 5.75 Å². The number of benzene rings is 1. The van der Waals surface area contributed by atoms with Crippen molar-refractivity contribution in [3.63, 3.8) is 0 Å². The fraction of sp³-hybridized carbons (Fsp3) is 0.364. The molecule has 0 spiro atoms.